The van der Waals surface area contributed by atoms with E-state index in [1.165, 1.54) is 0 Å². The van der Waals surface area contributed by atoms with Gasteiger partial charge in [-0.25, -0.2) is 0 Å². The lowest BCUT2D eigenvalue weighted by Gasteiger charge is -2.21. The number of nitriles is 1. The number of nitrogens with one attached hydrogen (secondary N) is 1. The van der Waals surface area contributed by atoms with E-state index in [0.29, 0.717) is 24.3 Å². The number of aliphatic carboxylic acids is 1. The lowest BCUT2D eigenvalue weighted by Crippen LogP contribution is -2.40. The zero-order valence-electron chi connectivity index (χ0n) is 14.9. The largest absolute Gasteiger partial charge is 0.481 e. The van der Waals surface area contributed by atoms with Crippen LogP contribution in [-0.4, -0.2) is 56.7 Å². The predicted octanol–water partition coefficient (Wildman–Crippen LogP) is 1.40. The Morgan fingerprint density at radius 1 is 1.23 bits per heavy atom. The maximum absolute atomic E-state index is 12.3. The summed E-state index contributed by atoms with van der Waals surface area (Å²) in [6.07, 6.45) is 0.218. The number of ether oxygens (including phenoxy) is 3. The molecule has 0 bridgehead atoms. The van der Waals surface area contributed by atoms with Crippen LogP contribution in [0, 0.1) is 17.2 Å². The first-order valence-electron chi connectivity index (χ1n) is 8.16. The van der Waals surface area contributed by atoms with Gasteiger partial charge in [-0.1, -0.05) is 6.92 Å². The first-order valence-corrected chi connectivity index (χ1v) is 8.16. The molecule has 1 amide bonds. The number of amides is 1. The highest BCUT2D eigenvalue weighted by Gasteiger charge is 2.21. The number of rotatable bonds is 12. The van der Waals surface area contributed by atoms with Crippen molar-refractivity contribution >= 4 is 11.9 Å². The zero-order chi connectivity index (χ0) is 19.4. The van der Waals surface area contributed by atoms with Crippen molar-refractivity contribution in [3.63, 3.8) is 0 Å². The molecule has 1 aromatic carbocycles. The lowest BCUT2D eigenvalue weighted by molar-refractivity contribution is -0.141. The number of hydrogen-bond donors (Lipinski definition) is 2. The van der Waals surface area contributed by atoms with Gasteiger partial charge in [-0.15, -0.1) is 0 Å². The zero-order valence-corrected chi connectivity index (χ0v) is 14.9. The minimum atomic E-state index is -0.945. The molecule has 2 unspecified atom stereocenters. The average molecular weight is 364 g/mol. The van der Waals surface area contributed by atoms with Crippen molar-refractivity contribution in [3.05, 3.63) is 35.4 Å². The second-order valence-electron chi connectivity index (χ2n) is 5.72. The molecule has 0 fully saturated rings. The monoisotopic (exact) mass is 364 g/mol. The van der Waals surface area contributed by atoms with Crippen molar-refractivity contribution in [2.24, 2.45) is 5.92 Å². The van der Waals surface area contributed by atoms with Crippen molar-refractivity contribution in [1.82, 2.24) is 5.32 Å². The predicted molar refractivity (Wildman–Crippen MR) is 92.5 cm³/mol. The highest BCUT2D eigenvalue weighted by Crippen LogP contribution is 2.09. The molecule has 142 valence electrons. The lowest BCUT2D eigenvalue weighted by atomic mass is 10.0. The molecule has 8 heteroatoms. The average Bonchev–Trinajstić information content (AvgIpc) is 2.64. The van der Waals surface area contributed by atoms with E-state index in [0.717, 1.165) is 0 Å². The maximum atomic E-state index is 12.3. The van der Waals surface area contributed by atoms with E-state index in [4.69, 9.17) is 24.6 Å². The maximum Gasteiger partial charge on any atom is 0.306 e. The molecule has 0 spiro atoms. The van der Waals surface area contributed by atoms with Gasteiger partial charge in [0.2, 0.25) is 0 Å². The molecule has 2 atom stereocenters. The fraction of sp³-hybridized carbons (Fsp3) is 0.500. The summed E-state index contributed by atoms with van der Waals surface area (Å²) in [6, 6.07) is 7.67. The number of carbonyl (C=O) groups excluding carboxylic acids is 1. The standard InChI is InChI=1S/C18H24N2O6/c1-13(18(22)23)9-16(11-26-12-25-8-7-24-2)20-17(21)15-5-3-14(10-19)4-6-15/h3-6,13,16H,7-9,11-12H2,1-2H3,(H,20,21)(H,22,23). The van der Waals surface area contributed by atoms with Crippen LogP contribution in [0.1, 0.15) is 29.3 Å². The van der Waals surface area contributed by atoms with Gasteiger partial charge < -0.3 is 24.6 Å². The first kappa shape index (κ1) is 21.6. The minimum Gasteiger partial charge on any atom is -0.481 e. The van der Waals surface area contributed by atoms with Crippen LogP contribution in [0.2, 0.25) is 0 Å². The van der Waals surface area contributed by atoms with Crippen LogP contribution < -0.4 is 5.32 Å². The minimum absolute atomic E-state index is 0.0219. The topological polar surface area (TPSA) is 118 Å². The van der Waals surface area contributed by atoms with E-state index in [-0.39, 0.29) is 25.7 Å². The summed E-state index contributed by atoms with van der Waals surface area (Å²) in [6.45, 7) is 2.53. The number of carbonyl (C=O) groups is 2. The van der Waals surface area contributed by atoms with Gasteiger partial charge in [0.15, 0.2) is 0 Å². The van der Waals surface area contributed by atoms with E-state index in [1.807, 2.05) is 6.07 Å². The van der Waals surface area contributed by atoms with Gasteiger partial charge in [0.05, 0.1) is 43.4 Å². The third-order valence-corrected chi connectivity index (χ3v) is 3.59. The SMILES string of the molecule is COCCOCOCC(CC(C)C(=O)O)NC(=O)c1ccc(C#N)cc1. The Balaban J connectivity index is 2.60. The number of methoxy groups -OCH3 is 1. The molecule has 26 heavy (non-hydrogen) atoms. The van der Waals surface area contributed by atoms with Crippen LogP contribution in [-0.2, 0) is 19.0 Å². The van der Waals surface area contributed by atoms with Gasteiger partial charge in [-0.05, 0) is 30.7 Å². The summed E-state index contributed by atoms with van der Waals surface area (Å²) in [5.41, 5.74) is 0.836. The number of carboxylic acids is 1. The van der Waals surface area contributed by atoms with Crippen LogP contribution in [0.5, 0.6) is 0 Å². The summed E-state index contributed by atoms with van der Waals surface area (Å²) in [5, 5.41) is 20.6. The molecule has 0 radical (unpaired) electrons. The highest BCUT2D eigenvalue weighted by molar-refractivity contribution is 5.94. The van der Waals surface area contributed by atoms with Gasteiger partial charge in [-0.3, -0.25) is 9.59 Å². The summed E-state index contributed by atoms with van der Waals surface area (Å²) in [4.78, 5) is 23.4. The number of benzene rings is 1. The fourth-order valence-corrected chi connectivity index (χ4v) is 2.11. The number of carboxylic acid groups (broad SMARTS) is 1. The Bertz CT molecular complexity index is 611. The van der Waals surface area contributed by atoms with Crippen LogP contribution in [0.15, 0.2) is 24.3 Å². The summed E-state index contributed by atoms with van der Waals surface area (Å²) in [7, 11) is 1.56. The Kier molecular flexibility index (Phi) is 9.94. The van der Waals surface area contributed by atoms with Crippen LogP contribution in [0.4, 0.5) is 0 Å². The third kappa shape index (κ3) is 8.07. The van der Waals surface area contributed by atoms with Crippen molar-refractivity contribution in [2.75, 3.05) is 33.7 Å². The van der Waals surface area contributed by atoms with Crippen molar-refractivity contribution in [1.29, 1.82) is 5.26 Å². The van der Waals surface area contributed by atoms with Crippen LogP contribution in [0.25, 0.3) is 0 Å². The van der Waals surface area contributed by atoms with E-state index in [9.17, 15) is 9.59 Å². The highest BCUT2D eigenvalue weighted by atomic mass is 16.7. The second kappa shape index (κ2) is 12.0. The summed E-state index contributed by atoms with van der Waals surface area (Å²) < 4.78 is 15.4. The Labute approximate surface area is 152 Å². The summed E-state index contributed by atoms with van der Waals surface area (Å²) in [5.74, 6) is -1.95. The summed E-state index contributed by atoms with van der Waals surface area (Å²) >= 11 is 0. The molecule has 0 aliphatic carbocycles. The second-order valence-corrected chi connectivity index (χ2v) is 5.72. The molecule has 2 N–H and O–H groups in total. The molecule has 1 rings (SSSR count). The quantitative estimate of drug-likeness (QED) is 0.425. The molecule has 0 aliphatic heterocycles. The van der Waals surface area contributed by atoms with E-state index < -0.39 is 17.9 Å². The Morgan fingerprint density at radius 3 is 2.50 bits per heavy atom. The third-order valence-electron chi connectivity index (χ3n) is 3.59. The molecule has 0 saturated carbocycles. The molecule has 0 saturated heterocycles. The number of nitrogens with zero attached hydrogens (tertiary/aromatic N) is 1. The fourth-order valence-electron chi connectivity index (χ4n) is 2.11. The molecule has 0 aromatic heterocycles. The van der Waals surface area contributed by atoms with E-state index >= 15 is 0 Å². The van der Waals surface area contributed by atoms with Crippen LogP contribution in [0.3, 0.4) is 0 Å². The van der Waals surface area contributed by atoms with Crippen molar-refractivity contribution in [2.45, 2.75) is 19.4 Å². The molecule has 0 heterocycles. The van der Waals surface area contributed by atoms with Gasteiger partial charge in [0.1, 0.15) is 6.79 Å². The van der Waals surface area contributed by atoms with E-state index in [1.54, 1.807) is 38.3 Å². The molecule has 0 aliphatic rings. The van der Waals surface area contributed by atoms with E-state index in [2.05, 4.69) is 5.32 Å². The van der Waals surface area contributed by atoms with Crippen molar-refractivity contribution < 1.29 is 28.9 Å². The molecule has 1 aromatic rings. The van der Waals surface area contributed by atoms with Crippen molar-refractivity contribution in [3.8, 4) is 6.07 Å². The molecular weight excluding hydrogens is 340 g/mol. The van der Waals surface area contributed by atoms with Gasteiger partial charge in [0, 0.05) is 12.7 Å². The van der Waals surface area contributed by atoms with Gasteiger partial charge in [-0.2, -0.15) is 5.26 Å². The Morgan fingerprint density at radius 2 is 1.92 bits per heavy atom. The normalized spacial score (nSPS) is 12.8. The van der Waals surface area contributed by atoms with Gasteiger partial charge in [0.25, 0.3) is 5.91 Å². The molecule has 8 nitrogen and oxygen atoms in total. The van der Waals surface area contributed by atoms with Gasteiger partial charge >= 0.3 is 5.97 Å². The smallest absolute Gasteiger partial charge is 0.306 e. The van der Waals surface area contributed by atoms with Crippen LogP contribution >= 0.6 is 0 Å². The number of hydrogen-bond acceptors (Lipinski definition) is 6. The first-order chi connectivity index (χ1) is 12.5. The molecular formula is C18H24N2O6. The Hall–Kier alpha value is -2.47.